The zero-order valence-electron chi connectivity index (χ0n) is 11.2. The van der Waals surface area contributed by atoms with E-state index in [1.165, 1.54) is 5.56 Å². The molecule has 2 aromatic rings. The van der Waals surface area contributed by atoms with E-state index in [1.807, 2.05) is 36.4 Å². The molecule has 2 aliphatic rings. The van der Waals surface area contributed by atoms with Crippen molar-refractivity contribution in [1.82, 2.24) is 0 Å². The molecular formula is C17H12BrNO2. The minimum atomic E-state index is -0.0557. The normalized spacial score (nSPS) is 17.4. The van der Waals surface area contributed by atoms with Gasteiger partial charge >= 0.3 is 0 Å². The second kappa shape index (κ2) is 4.74. The average Bonchev–Trinajstić information content (AvgIpc) is 3.04. The van der Waals surface area contributed by atoms with Gasteiger partial charge < -0.3 is 10.1 Å². The molecule has 0 saturated carbocycles. The van der Waals surface area contributed by atoms with E-state index in [1.54, 1.807) is 0 Å². The number of benzene rings is 2. The second-order valence-electron chi connectivity index (χ2n) is 5.17. The molecule has 4 heteroatoms. The van der Waals surface area contributed by atoms with Gasteiger partial charge in [0.2, 0.25) is 0 Å². The fourth-order valence-corrected chi connectivity index (χ4v) is 3.13. The first-order chi connectivity index (χ1) is 10.2. The van der Waals surface area contributed by atoms with Crippen LogP contribution in [-0.2, 0) is 11.2 Å². The number of halogens is 1. The number of hydrogen-bond donors (Lipinski definition) is 1. The minimum absolute atomic E-state index is 0.0557. The Kier molecular flexibility index (Phi) is 2.86. The molecule has 21 heavy (non-hydrogen) atoms. The number of carbonyl (C=O) groups is 1. The Morgan fingerprint density at radius 2 is 2.10 bits per heavy atom. The number of anilines is 1. The molecule has 0 radical (unpaired) electrons. The molecule has 0 aliphatic carbocycles. The molecule has 0 unspecified atom stereocenters. The van der Waals surface area contributed by atoms with E-state index in [0.717, 1.165) is 40.1 Å². The second-order valence-corrected chi connectivity index (χ2v) is 6.08. The average molecular weight is 342 g/mol. The van der Waals surface area contributed by atoms with E-state index in [2.05, 4.69) is 27.3 Å². The Labute approximate surface area is 130 Å². The molecule has 2 aliphatic heterocycles. The van der Waals surface area contributed by atoms with Gasteiger partial charge in [-0.15, -0.1) is 0 Å². The van der Waals surface area contributed by atoms with E-state index < -0.39 is 0 Å². The van der Waals surface area contributed by atoms with E-state index in [-0.39, 0.29) is 5.91 Å². The summed E-state index contributed by atoms with van der Waals surface area (Å²) in [7, 11) is 0. The monoisotopic (exact) mass is 341 g/mol. The summed E-state index contributed by atoms with van der Waals surface area (Å²) in [6, 6.07) is 11.9. The third-order valence-corrected chi connectivity index (χ3v) is 4.28. The summed E-state index contributed by atoms with van der Waals surface area (Å²) in [5.41, 5.74) is 4.73. The van der Waals surface area contributed by atoms with E-state index in [4.69, 9.17) is 4.74 Å². The Morgan fingerprint density at radius 1 is 1.19 bits per heavy atom. The van der Waals surface area contributed by atoms with Gasteiger partial charge in [0.05, 0.1) is 6.61 Å². The molecule has 1 N–H and O–H groups in total. The largest absolute Gasteiger partial charge is 0.493 e. The molecule has 3 nitrogen and oxygen atoms in total. The van der Waals surface area contributed by atoms with Gasteiger partial charge in [0.1, 0.15) is 5.75 Å². The lowest BCUT2D eigenvalue weighted by Crippen LogP contribution is -2.03. The van der Waals surface area contributed by atoms with Crippen LogP contribution in [0.4, 0.5) is 5.69 Å². The van der Waals surface area contributed by atoms with Crippen LogP contribution in [0.5, 0.6) is 5.75 Å². The van der Waals surface area contributed by atoms with E-state index in [9.17, 15) is 4.79 Å². The van der Waals surface area contributed by atoms with Crippen LogP contribution in [0.15, 0.2) is 40.9 Å². The summed E-state index contributed by atoms with van der Waals surface area (Å²) < 4.78 is 6.47. The number of hydrogen-bond acceptors (Lipinski definition) is 2. The lowest BCUT2D eigenvalue weighted by Gasteiger charge is -2.02. The van der Waals surface area contributed by atoms with Crippen molar-refractivity contribution in [3.8, 4) is 5.75 Å². The van der Waals surface area contributed by atoms with Crippen molar-refractivity contribution >= 4 is 39.2 Å². The molecule has 0 saturated heterocycles. The Balaban J connectivity index is 1.80. The number of carbonyl (C=O) groups excluding carboxylic acids is 1. The minimum Gasteiger partial charge on any atom is -0.493 e. The highest BCUT2D eigenvalue weighted by Gasteiger charge is 2.24. The van der Waals surface area contributed by atoms with Crippen molar-refractivity contribution in [2.24, 2.45) is 0 Å². The topological polar surface area (TPSA) is 38.3 Å². The van der Waals surface area contributed by atoms with Crippen LogP contribution in [0.25, 0.3) is 11.6 Å². The van der Waals surface area contributed by atoms with Gasteiger partial charge in [0.25, 0.3) is 5.91 Å². The number of rotatable bonds is 1. The van der Waals surface area contributed by atoms with Crippen molar-refractivity contribution in [3.63, 3.8) is 0 Å². The summed E-state index contributed by atoms with van der Waals surface area (Å²) >= 11 is 3.46. The standard InChI is InChI=1S/C17H12BrNO2/c18-12-2-3-15-13(9-12)14(17(20)19-15)8-10-1-4-16-11(7-10)5-6-21-16/h1-4,7-9H,5-6H2,(H,19,20)/b14-8-. The van der Waals surface area contributed by atoms with Crippen LogP contribution in [0.1, 0.15) is 16.7 Å². The summed E-state index contributed by atoms with van der Waals surface area (Å²) in [6.07, 6.45) is 2.87. The number of nitrogens with one attached hydrogen (secondary N) is 1. The third-order valence-electron chi connectivity index (χ3n) is 3.79. The molecule has 0 bridgehead atoms. The molecule has 2 heterocycles. The van der Waals surface area contributed by atoms with Crippen molar-refractivity contribution in [2.45, 2.75) is 6.42 Å². The molecule has 0 fully saturated rings. The molecular weight excluding hydrogens is 330 g/mol. The van der Waals surface area contributed by atoms with Gasteiger partial charge in [-0.05, 0) is 47.5 Å². The van der Waals surface area contributed by atoms with Gasteiger partial charge in [0.15, 0.2) is 0 Å². The number of ether oxygens (including phenoxy) is 1. The smallest absolute Gasteiger partial charge is 0.256 e. The summed E-state index contributed by atoms with van der Waals surface area (Å²) in [4.78, 5) is 12.2. The molecule has 0 atom stereocenters. The van der Waals surface area contributed by atoms with Gasteiger partial charge in [-0.2, -0.15) is 0 Å². The van der Waals surface area contributed by atoms with Gasteiger partial charge in [-0.1, -0.05) is 22.0 Å². The maximum Gasteiger partial charge on any atom is 0.256 e. The molecule has 0 aromatic heterocycles. The fraction of sp³-hybridized carbons (Fsp3) is 0.118. The summed E-state index contributed by atoms with van der Waals surface area (Å²) in [5.74, 6) is 0.899. The van der Waals surface area contributed by atoms with Crippen LogP contribution in [0, 0.1) is 0 Å². The lowest BCUT2D eigenvalue weighted by molar-refractivity contribution is -0.110. The maximum absolute atomic E-state index is 12.2. The van der Waals surface area contributed by atoms with Crippen molar-refractivity contribution in [3.05, 3.63) is 57.6 Å². The SMILES string of the molecule is O=C1Nc2ccc(Br)cc2/C1=C/c1ccc2c(c1)CCO2. The fourth-order valence-electron chi connectivity index (χ4n) is 2.77. The highest BCUT2D eigenvalue weighted by atomic mass is 79.9. The molecule has 4 rings (SSSR count). The van der Waals surface area contributed by atoms with Crippen LogP contribution in [0.3, 0.4) is 0 Å². The molecule has 1 amide bonds. The zero-order valence-corrected chi connectivity index (χ0v) is 12.7. The van der Waals surface area contributed by atoms with Crippen LogP contribution >= 0.6 is 15.9 Å². The lowest BCUT2D eigenvalue weighted by atomic mass is 10.0. The van der Waals surface area contributed by atoms with E-state index >= 15 is 0 Å². The van der Waals surface area contributed by atoms with Crippen molar-refractivity contribution < 1.29 is 9.53 Å². The van der Waals surface area contributed by atoms with Gasteiger partial charge in [-0.3, -0.25) is 4.79 Å². The zero-order chi connectivity index (χ0) is 14.4. The summed E-state index contributed by atoms with van der Waals surface area (Å²) in [6.45, 7) is 0.742. The number of fused-ring (bicyclic) bond motifs is 2. The van der Waals surface area contributed by atoms with Crippen LogP contribution < -0.4 is 10.1 Å². The predicted octanol–water partition coefficient (Wildman–Crippen LogP) is 3.88. The highest BCUT2D eigenvalue weighted by Crippen LogP contribution is 2.35. The maximum atomic E-state index is 12.2. The Hall–Kier alpha value is -2.07. The van der Waals surface area contributed by atoms with Crippen LogP contribution in [0.2, 0.25) is 0 Å². The Morgan fingerprint density at radius 3 is 3.00 bits per heavy atom. The van der Waals surface area contributed by atoms with Gasteiger partial charge in [-0.25, -0.2) is 0 Å². The third kappa shape index (κ3) is 2.16. The number of amides is 1. The first kappa shape index (κ1) is 12.7. The molecule has 0 spiro atoms. The van der Waals surface area contributed by atoms with Crippen molar-refractivity contribution in [1.29, 1.82) is 0 Å². The summed E-state index contributed by atoms with van der Waals surface area (Å²) in [5, 5.41) is 2.89. The molecule has 2 aromatic carbocycles. The predicted molar refractivity (Wildman–Crippen MR) is 86.3 cm³/mol. The highest BCUT2D eigenvalue weighted by molar-refractivity contribution is 9.10. The Bertz CT molecular complexity index is 795. The quantitative estimate of drug-likeness (QED) is 0.799. The first-order valence-electron chi connectivity index (χ1n) is 6.79. The first-order valence-corrected chi connectivity index (χ1v) is 7.59. The van der Waals surface area contributed by atoms with E-state index in [0.29, 0.717) is 5.57 Å². The van der Waals surface area contributed by atoms with Gasteiger partial charge in [0, 0.05) is 27.7 Å². The van der Waals surface area contributed by atoms with Crippen LogP contribution in [-0.4, -0.2) is 12.5 Å². The van der Waals surface area contributed by atoms with Crippen molar-refractivity contribution in [2.75, 3.05) is 11.9 Å². The molecule has 104 valence electrons.